The third-order valence-corrected chi connectivity index (χ3v) is 3.62. The van der Waals surface area contributed by atoms with Crippen molar-refractivity contribution in [1.29, 1.82) is 0 Å². The second-order valence-electron chi connectivity index (χ2n) is 6.07. The maximum atomic E-state index is 12.5. The quantitative estimate of drug-likeness (QED) is 0.852. The highest BCUT2D eigenvalue weighted by Gasteiger charge is 2.21. The van der Waals surface area contributed by atoms with Crippen LogP contribution in [0.3, 0.4) is 0 Å². The van der Waals surface area contributed by atoms with Gasteiger partial charge in [0, 0.05) is 23.7 Å². The van der Waals surface area contributed by atoms with E-state index < -0.39 is 0 Å². The predicted molar refractivity (Wildman–Crippen MR) is 91.1 cm³/mol. The van der Waals surface area contributed by atoms with E-state index in [4.69, 9.17) is 0 Å². The van der Waals surface area contributed by atoms with Crippen LogP contribution < -0.4 is 5.56 Å². The lowest BCUT2D eigenvalue weighted by atomic mass is 10.1. The Balaban J connectivity index is 2.30. The molecule has 1 heterocycles. The number of carbonyl (C=O) groups excluding carboxylic acids is 1. The first kappa shape index (κ1) is 16.9. The van der Waals surface area contributed by atoms with Gasteiger partial charge in [0.2, 0.25) is 5.91 Å². The molecule has 0 spiro atoms. The molecule has 122 valence electrons. The summed E-state index contributed by atoms with van der Waals surface area (Å²) in [6.45, 7) is 7.82. The highest BCUT2D eigenvalue weighted by atomic mass is 16.2. The highest BCUT2D eigenvalue weighted by molar-refractivity contribution is 5.76. The fraction of sp³-hybridized carbons (Fsp3) is 0.389. The molecule has 0 saturated heterocycles. The van der Waals surface area contributed by atoms with Crippen molar-refractivity contribution in [3.8, 4) is 11.3 Å². The maximum Gasteiger partial charge on any atom is 0.267 e. The molecule has 2 rings (SSSR count). The fourth-order valence-corrected chi connectivity index (χ4v) is 2.71. The Labute approximate surface area is 136 Å². The molecule has 0 aliphatic rings. The van der Waals surface area contributed by atoms with Gasteiger partial charge >= 0.3 is 0 Å². The summed E-state index contributed by atoms with van der Waals surface area (Å²) in [7, 11) is 0. The zero-order chi connectivity index (χ0) is 17.0. The van der Waals surface area contributed by atoms with E-state index in [2.05, 4.69) is 5.10 Å². The van der Waals surface area contributed by atoms with Gasteiger partial charge in [-0.2, -0.15) is 5.10 Å². The van der Waals surface area contributed by atoms with Crippen molar-refractivity contribution in [3.05, 3.63) is 52.8 Å². The first-order valence-corrected chi connectivity index (χ1v) is 7.85. The van der Waals surface area contributed by atoms with Crippen molar-refractivity contribution in [2.24, 2.45) is 0 Å². The van der Waals surface area contributed by atoms with Crippen molar-refractivity contribution >= 4 is 5.91 Å². The molecule has 0 aliphatic carbocycles. The van der Waals surface area contributed by atoms with E-state index in [1.54, 1.807) is 11.0 Å². The summed E-state index contributed by atoms with van der Waals surface area (Å²) in [6, 6.07) is 12.9. The van der Waals surface area contributed by atoms with Gasteiger partial charge in [-0.3, -0.25) is 9.59 Å². The summed E-state index contributed by atoms with van der Waals surface area (Å²) >= 11 is 0. The number of amides is 1. The number of carbonyl (C=O) groups is 1. The van der Waals surface area contributed by atoms with Crippen molar-refractivity contribution in [2.45, 2.75) is 46.3 Å². The molecule has 0 N–H and O–H groups in total. The van der Waals surface area contributed by atoms with Crippen LogP contribution in [0, 0.1) is 0 Å². The largest absolute Gasteiger partial charge is 0.336 e. The second kappa shape index (κ2) is 7.22. The van der Waals surface area contributed by atoms with Gasteiger partial charge in [0.25, 0.3) is 5.56 Å². The Morgan fingerprint density at radius 3 is 2.22 bits per heavy atom. The van der Waals surface area contributed by atoms with E-state index in [0.717, 1.165) is 5.56 Å². The van der Waals surface area contributed by atoms with E-state index in [1.807, 2.05) is 58.0 Å². The summed E-state index contributed by atoms with van der Waals surface area (Å²) < 4.78 is 1.24. The monoisotopic (exact) mass is 313 g/mol. The number of hydrogen-bond acceptors (Lipinski definition) is 3. The van der Waals surface area contributed by atoms with Crippen LogP contribution in [0.25, 0.3) is 11.3 Å². The molecule has 2 aromatic rings. The smallest absolute Gasteiger partial charge is 0.267 e. The average molecular weight is 313 g/mol. The molecule has 0 bridgehead atoms. The Morgan fingerprint density at radius 1 is 1.04 bits per heavy atom. The van der Waals surface area contributed by atoms with Gasteiger partial charge in [-0.05, 0) is 33.8 Å². The normalized spacial score (nSPS) is 11.0. The standard InChI is InChI=1S/C18H23N3O2/c1-13(2)21(14(3)4)18(23)12-20-17(22)11-10-16(19-20)15-8-6-5-7-9-15/h5-11,13-14H,12H2,1-4H3. The predicted octanol–water partition coefficient (Wildman–Crippen LogP) is 2.56. The average Bonchev–Trinajstić information content (AvgIpc) is 2.49. The molecule has 0 fully saturated rings. The Hall–Kier alpha value is -2.43. The lowest BCUT2D eigenvalue weighted by Crippen LogP contribution is -2.45. The molecule has 0 saturated carbocycles. The third kappa shape index (κ3) is 4.06. The molecule has 1 aromatic heterocycles. The summed E-state index contributed by atoms with van der Waals surface area (Å²) in [5.41, 5.74) is 1.32. The number of hydrogen-bond donors (Lipinski definition) is 0. The number of benzene rings is 1. The summed E-state index contributed by atoms with van der Waals surface area (Å²) in [5.74, 6) is -0.102. The molecule has 1 amide bonds. The van der Waals surface area contributed by atoms with Crippen LogP contribution in [0.2, 0.25) is 0 Å². The van der Waals surface area contributed by atoms with Crippen LogP contribution in [0.5, 0.6) is 0 Å². The van der Waals surface area contributed by atoms with E-state index >= 15 is 0 Å². The molecule has 0 radical (unpaired) electrons. The second-order valence-corrected chi connectivity index (χ2v) is 6.07. The topological polar surface area (TPSA) is 55.2 Å². The van der Waals surface area contributed by atoms with E-state index in [-0.39, 0.29) is 30.1 Å². The van der Waals surface area contributed by atoms with Crippen LogP contribution in [0.4, 0.5) is 0 Å². The van der Waals surface area contributed by atoms with Crippen LogP contribution in [-0.2, 0) is 11.3 Å². The van der Waals surface area contributed by atoms with Crippen molar-refractivity contribution < 1.29 is 4.79 Å². The molecular formula is C18H23N3O2. The van der Waals surface area contributed by atoms with Gasteiger partial charge in [0.1, 0.15) is 6.54 Å². The lowest BCUT2D eigenvalue weighted by molar-refractivity contribution is -0.135. The van der Waals surface area contributed by atoms with Gasteiger partial charge < -0.3 is 4.90 Å². The van der Waals surface area contributed by atoms with Gasteiger partial charge in [-0.1, -0.05) is 30.3 Å². The van der Waals surface area contributed by atoms with Crippen molar-refractivity contribution in [2.75, 3.05) is 0 Å². The zero-order valence-corrected chi connectivity index (χ0v) is 14.1. The van der Waals surface area contributed by atoms with Crippen molar-refractivity contribution in [1.82, 2.24) is 14.7 Å². The molecule has 0 aliphatic heterocycles. The number of aromatic nitrogens is 2. The van der Waals surface area contributed by atoms with Crippen LogP contribution in [0.1, 0.15) is 27.7 Å². The molecule has 1 aromatic carbocycles. The van der Waals surface area contributed by atoms with E-state index in [0.29, 0.717) is 5.69 Å². The molecule has 0 unspecified atom stereocenters. The van der Waals surface area contributed by atoms with Gasteiger partial charge in [-0.25, -0.2) is 4.68 Å². The molecule has 5 nitrogen and oxygen atoms in total. The third-order valence-electron chi connectivity index (χ3n) is 3.62. The van der Waals surface area contributed by atoms with Gasteiger partial charge in [0.05, 0.1) is 5.69 Å². The molecule has 23 heavy (non-hydrogen) atoms. The molecule has 0 atom stereocenters. The Kier molecular flexibility index (Phi) is 5.32. The number of rotatable bonds is 5. The number of nitrogens with zero attached hydrogens (tertiary/aromatic N) is 3. The van der Waals surface area contributed by atoms with E-state index in [9.17, 15) is 9.59 Å². The van der Waals surface area contributed by atoms with E-state index in [1.165, 1.54) is 10.7 Å². The first-order valence-electron chi connectivity index (χ1n) is 7.85. The minimum Gasteiger partial charge on any atom is -0.336 e. The van der Waals surface area contributed by atoms with Crippen LogP contribution in [-0.4, -0.2) is 32.7 Å². The molecular weight excluding hydrogens is 290 g/mol. The Morgan fingerprint density at radius 2 is 1.65 bits per heavy atom. The first-order chi connectivity index (χ1) is 10.9. The maximum absolute atomic E-state index is 12.5. The minimum atomic E-state index is -0.273. The fourth-order valence-electron chi connectivity index (χ4n) is 2.71. The molecule has 5 heteroatoms. The highest BCUT2D eigenvalue weighted by Crippen LogP contribution is 2.14. The van der Waals surface area contributed by atoms with Crippen LogP contribution in [0.15, 0.2) is 47.3 Å². The lowest BCUT2D eigenvalue weighted by Gasteiger charge is -2.30. The summed E-state index contributed by atoms with van der Waals surface area (Å²) in [6.07, 6.45) is 0. The van der Waals surface area contributed by atoms with Gasteiger partial charge in [0.15, 0.2) is 0 Å². The Bertz CT molecular complexity index is 713. The summed E-state index contributed by atoms with van der Waals surface area (Å²) in [4.78, 5) is 26.3. The van der Waals surface area contributed by atoms with Gasteiger partial charge in [-0.15, -0.1) is 0 Å². The minimum absolute atomic E-state index is 0.0458. The van der Waals surface area contributed by atoms with Crippen molar-refractivity contribution in [3.63, 3.8) is 0 Å². The summed E-state index contributed by atoms with van der Waals surface area (Å²) in [5, 5.41) is 4.34. The SMILES string of the molecule is CC(C)N(C(=O)Cn1nc(-c2ccccc2)ccc1=O)C(C)C. The zero-order valence-electron chi connectivity index (χ0n) is 14.1. The van der Waals surface area contributed by atoms with Crippen LogP contribution >= 0.6 is 0 Å².